The van der Waals surface area contributed by atoms with Gasteiger partial charge in [0.2, 0.25) is 5.78 Å². The Morgan fingerprint density at radius 3 is 2.47 bits per heavy atom. The Balaban J connectivity index is 1.76. The molecule has 0 bridgehead atoms. The van der Waals surface area contributed by atoms with Gasteiger partial charge < -0.3 is 14.5 Å². The second-order valence-electron chi connectivity index (χ2n) is 7.64. The van der Waals surface area contributed by atoms with Crippen LogP contribution in [0, 0.1) is 19.7 Å². The highest BCUT2D eigenvalue weighted by atomic mass is 19.1. The molecule has 0 unspecified atom stereocenters. The lowest BCUT2D eigenvalue weighted by atomic mass is 9.79. The number of nitrogens with one attached hydrogen (secondary N) is 1. The molecule has 0 radical (unpaired) electrons. The summed E-state index contributed by atoms with van der Waals surface area (Å²) in [6, 6.07) is 5.99. The van der Waals surface area contributed by atoms with Crippen molar-refractivity contribution in [1.29, 1.82) is 0 Å². The van der Waals surface area contributed by atoms with E-state index in [1.807, 2.05) is 0 Å². The summed E-state index contributed by atoms with van der Waals surface area (Å²) in [5.74, 6) is -1.88. The van der Waals surface area contributed by atoms with Crippen molar-refractivity contribution < 1.29 is 28.2 Å². The molecule has 0 aliphatic heterocycles. The van der Waals surface area contributed by atoms with Crippen LogP contribution in [-0.4, -0.2) is 35.9 Å². The third-order valence-corrected chi connectivity index (χ3v) is 5.76. The number of aromatic amines is 1. The van der Waals surface area contributed by atoms with Crippen LogP contribution in [0.4, 0.5) is 4.39 Å². The summed E-state index contributed by atoms with van der Waals surface area (Å²) < 4.78 is 24.2. The first-order valence-corrected chi connectivity index (χ1v) is 10.1. The molecule has 0 amide bonds. The first-order chi connectivity index (χ1) is 14.3. The Hall–Kier alpha value is -2.96. The average molecular weight is 415 g/mol. The molecule has 1 heterocycles. The number of aromatic nitrogens is 1. The molecule has 6 nitrogen and oxygen atoms in total. The van der Waals surface area contributed by atoms with Gasteiger partial charge in [-0.05, 0) is 56.9 Å². The summed E-state index contributed by atoms with van der Waals surface area (Å²) in [6.07, 6.45) is 2.77. The van der Waals surface area contributed by atoms with Crippen LogP contribution in [0.3, 0.4) is 0 Å². The van der Waals surface area contributed by atoms with Gasteiger partial charge in [0.05, 0.1) is 23.3 Å². The van der Waals surface area contributed by atoms with Gasteiger partial charge in [-0.3, -0.25) is 9.59 Å². The van der Waals surface area contributed by atoms with Gasteiger partial charge in [-0.25, -0.2) is 9.18 Å². The third-order valence-electron chi connectivity index (χ3n) is 5.76. The highest BCUT2D eigenvalue weighted by Gasteiger charge is 2.44. The van der Waals surface area contributed by atoms with Gasteiger partial charge in [0.25, 0.3) is 0 Å². The van der Waals surface area contributed by atoms with Crippen LogP contribution in [0.15, 0.2) is 24.3 Å². The van der Waals surface area contributed by atoms with Crippen molar-refractivity contribution in [3.05, 3.63) is 58.2 Å². The van der Waals surface area contributed by atoms with E-state index in [2.05, 4.69) is 4.98 Å². The third kappa shape index (κ3) is 4.01. The maximum Gasteiger partial charge on any atom is 0.340 e. The minimum absolute atomic E-state index is 0.217. The van der Waals surface area contributed by atoms with Crippen LogP contribution in [0.25, 0.3) is 0 Å². The lowest BCUT2D eigenvalue weighted by Crippen LogP contribution is -2.36. The highest BCUT2D eigenvalue weighted by Crippen LogP contribution is 2.42. The van der Waals surface area contributed by atoms with Gasteiger partial charge in [-0.15, -0.1) is 0 Å². The van der Waals surface area contributed by atoms with Gasteiger partial charge in [-0.2, -0.15) is 0 Å². The van der Waals surface area contributed by atoms with Crippen LogP contribution in [0.2, 0.25) is 0 Å². The molecule has 1 saturated carbocycles. The van der Waals surface area contributed by atoms with Crippen LogP contribution in [-0.2, 0) is 19.7 Å². The zero-order chi connectivity index (χ0) is 21.9. The SMILES string of the molecule is CCOC(=O)c1c(C)[nH]c(C(=O)COC(=O)C2(c3cccc(F)c3)CCCC2)c1C. The van der Waals surface area contributed by atoms with Crippen molar-refractivity contribution in [1.82, 2.24) is 4.98 Å². The summed E-state index contributed by atoms with van der Waals surface area (Å²) >= 11 is 0. The fourth-order valence-electron chi connectivity index (χ4n) is 4.26. The number of aryl methyl sites for hydroxylation is 1. The van der Waals surface area contributed by atoms with Gasteiger partial charge in [0.15, 0.2) is 6.61 Å². The zero-order valence-corrected chi connectivity index (χ0v) is 17.5. The van der Waals surface area contributed by atoms with Crippen molar-refractivity contribution in [2.75, 3.05) is 13.2 Å². The maximum absolute atomic E-state index is 13.7. The van der Waals surface area contributed by atoms with Crippen LogP contribution >= 0.6 is 0 Å². The molecular weight excluding hydrogens is 389 g/mol. The molecule has 1 aromatic carbocycles. The smallest absolute Gasteiger partial charge is 0.340 e. The number of hydrogen-bond acceptors (Lipinski definition) is 5. The van der Waals surface area contributed by atoms with Gasteiger partial charge in [0, 0.05) is 5.69 Å². The Morgan fingerprint density at radius 1 is 1.13 bits per heavy atom. The molecule has 1 aliphatic rings. The maximum atomic E-state index is 13.7. The van der Waals surface area contributed by atoms with E-state index in [0.717, 1.165) is 12.8 Å². The molecule has 1 aliphatic carbocycles. The first kappa shape index (κ1) is 21.7. The molecule has 160 valence electrons. The van der Waals surface area contributed by atoms with Crippen molar-refractivity contribution in [2.45, 2.75) is 51.9 Å². The van der Waals surface area contributed by atoms with Crippen molar-refractivity contribution in [3.63, 3.8) is 0 Å². The lowest BCUT2D eigenvalue weighted by molar-refractivity contribution is -0.149. The largest absolute Gasteiger partial charge is 0.462 e. The number of carbonyl (C=O) groups is 3. The molecule has 0 spiro atoms. The molecule has 0 saturated heterocycles. The highest BCUT2D eigenvalue weighted by molar-refractivity contribution is 6.02. The molecule has 2 aromatic rings. The van der Waals surface area contributed by atoms with E-state index < -0.39 is 35.6 Å². The molecule has 30 heavy (non-hydrogen) atoms. The number of ether oxygens (including phenoxy) is 2. The van der Waals surface area contributed by atoms with E-state index in [1.165, 1.54) is 12.1 Å². The number of benzene rings is 1. The van der Waals surface area contributed by atoms with Crippen molar-refractivity contribution in [3.8, 4) is 0 Å². The number of Topliss-reactive ketones (excluding diaryl/α,β-unsaturated/α-hetero) is 1. The Morgan fingerprint density at radius 2 is 1.83 bits per heavy atom. The van der Waals surface area contributed by atoms with E-state index in [1.54, 1.807) is 32.9 Å². The minimum atomic E-state index is -0.931. The zero-order valence-electron chi connectivity index (χ0n) is 17.5. The average Bonchev–Trinajstić information content (AvgIpc) is 3.32. The number of hydrogen-bond donors (Lipinski definition) is 1. The predicted molar refractivity (Wildman–Crippen MR) is 108 cm³/mol. The van der Waals surface area contributed by atoms with Crippen LogP contribution < -0.4 is 0 Å². The molecule has 3 rings (SSSR count). The van der Waals surface area contributed by atoms with E-state index in [9.17, 15) is 18.8 Å². The summed E-state index contributed by atoms with van der Waals surface area (Å²) in [5.41, 5.74) is 1.17. The van der Waals surface area contributed by atoms with E-state index in [-0.39, 0.29) is 12.3 Å². The molecule has 1 fully saturated rings. The molecule has 0 atom stereocenters. The van der Waals surface area contributed by atoms with Crippen LogP contribution in [0.5, 0.6) is 0 Å². The quantitative estimate of drug-likeness (QED) is 0.541. The number of carbonyl (C=O) groups excluding carboxylic acids is 3. The predicted octanol–water partition coefficient (Wildman–Crippen LogP) is 4.19. The second-order valence-corrected chi connectivity index (χ2v) is 7.64. The summed E-state index contributed by atoms with van der Waals surface area (Å²) in [6.45, 7) is 4.80. The molecular formula is C23H26FNO5. The fourth-order valence-corrected chi connectivity index (χ4v) is 4.26. The topological polar surface area (TPSA) is 85.5 Å². The summed E-state index contributed by atoms with van der Waals surface area (Å²) in [5, 5.41) is 0. The number of rotatable bonds is 7. The summed E-state index contributed by atoms with van der Waals surface area (Å²) in [4.78, 5) is 40.7. The standard InChI is InChI=1S/C23H26FNO5/c1-4-29-21(27)19-14(2)20(25-15(19)3)18(26)13-30-22(28)23(10-5-6-11-23)16-8-7-9-17(24)12-16/h7-9,12,25H,4-6,10-11,13H2,1-3H3. The molecule has 7 heteroatoms. The minimum Gasteiger partial charge on any atom is -0.462 e. The number of halogens is 1. The van der Waals surface area contributed by atoms with Crippen molar-refractivity contribution in [2.24, 2.45) is 0 Å². The first-order valence-electron chi connectivity index (χ1n) is 10.1. The lowest BCUT2D eigenvalue weighted by Gasteiger charge is -2.27. The number of ketones is 1. The van der Waals surface area contributed by atoms with Gasteiger partial charge >= 0.3 is 11.9 Å². The fraction of sp³-hybridized carbons (Fsp3) is 0.435. The molecule has 1 aromatic heterocycles. The Labute approximate surface area is 174 Å². The van der Waals surface area contributed by atoms with Crippen molar-refractivity contribution >= 4 is 17.7 Å². The van der Waals surface area contributed by atoms with Gasteiger partial charge in [-0.1, -0.05) is 25.0 Å². The normalized spacial score (nSPS) is 15.1. The van der Waals surface area contributed by atoms with Crippen LogP contribution in [0.1, 0.15) is 70.3 Å². The summed E-state index contributed by atoms with van der Waals surface area (Å²) in [7, 11) is 0. The number of H-pyrrole nitrogens is 1. The van der Waals surface area contributed by atoms with Gasteiger partial charge in [0.1, 0.15) is 5.82 Å². The monoisotopic (exact) mass is 415 g/mol. The molecule has 1 N–H and O–H groups in total. The Bertz CT molecular complexity index is 972. The van der Waals surface area contributed by atoms with E-state index in [0.29, 0.717) is 35.2 Å². The van der Waals surface area contributed by atoms with E-state index in [4.69, 9.17) is 9.47 Å². The second kappa shape index (κ2) is 8.81. The number of esters is 2. The Kier molecular flexibility index (Phi) is 6.39. The van der Waals surface area contributed by atoms with E-state index >= 15 is 0 Å².